The Labute approximate surface area is 107 Å². The van der Waals surface area contributed by atoms with Crippen LogP contribution in [0.2, 0.25) is 0 Å². The zero-order valence-corrected chi connectivity index (χ0v) is 10.8. The SMILES string of the molecule is CC1CC(O)(c2cncc3ccccc23)CN1C. The summed E-state index contributed by atoms with van der Waals surface area (Å²) in [5, 5.41) is 13.1. The van der Waals surface area contributed by atoms with Crippen LogP contribution >= 0.6 is 0 Å². The van der Waals surface area contributed by atoms with Gasteiger partial charge in [-0.3, -0.25) is 4.98 Å². The molecule has 0 radical (unpaired) electrons. The van der Waals surface area contributed by atoms with Crippen LogP contribution in [0.15, 0.2) is 36.7 Å². The van der Waals surface area contributed by atoms with Crippen LogP contribution in [0.5, 0.6) is 0 Å². The van der Waals surface area contributed by atoms with Gasteiger partial charge < -0.3 is 10.0 Å². The molecule has 94 valence electrons. The van der Waals surface area contributed by atoms with E-state index in [0.29, 0.717) is 12.6 Å². The molecule has 1 aliphatic rings. The molecule has 18 heavy (non-hydrogen) atoms. The molecule has 0 aliphatic carbocycles. The van der Waals surface area contributed by atoms with Gasteiger partial charge in [0.15, 0.2) is 0 Å². The molecule has 1 aromatic carbocycles. The second-order valence-corrected chi connectivity index (χ2v) is 5.41. The van der Waals surface area contributed by atoms with Crippen molar-refractivity contribution in [2.45, 2.75) is 25.0 Å². The van der Waals surface area contributed by atoms with Gasteiger partial charge in [0, 0.05) is 35.9 Å². The number of likely N-dealkylation sites (tertiary alicyclic amines) is 1. The lowest BCUT2D eigenvalue weighted by molar-refractivity contribution is 0.0498. The fourth-order valence-corrected chi connectivity index (χ4v) is 2.96. The molecule has 0 spiro atoms. The number of β-amino-alcohol motifs (C(OH)–C–C–N with tert-alkyl or cyclic N) is 1. The van der Waals surface area contributed by atoms with Crippen molar-refractivity contribution < 1.29 is 5.11 Å². The van der Waals surface area contributed by atoms with E-state index >= 15 is 0 Å². The maximum absolute atomic E-state index is 10.9. The van der Waals surface area contributed by atoms with E-state index in [9.17, 15) is 5.11 Å². The predicted molar refractivity (Wildman–Crippen MR) is 72.3 cm³/mol. The fraction of sp³-hybridized carbons (Fsp3) is 0.400. The van der Waals surface area contributed by atoms with E-state index in [4.69, 9.17) is 0 Å². The standard InChI is InChI=1S/C15H18N2O/c1-11-7-15(18,10-17(11)2)14-9-16-8-12-5-3-4-6-13(12)14/h3-6,8-9,11,18H,7,10H2,1-2H3. The predicted octanol–water partition coefficient (Wildman–Crippen LogP) is 2.15. The second-order valence-electron chi connectivity index (χ2n) is 5.41. The van der Waals surface area contributed by atoms with Crippen LogP contribution in [0.4, 0.5) is 0 Å². The topological polar surface area (TPSA) is 36.4 Å². The summed E-state index contributed by atoms with van der Waals surface area (Å²) in [5.41, 5.74) is 0.180. The van der Waals surface area contributed by atoms with E-state index in [-0.39, 0.29) is 0 Å². The average Bonchev–Trinajstić information content (AvgIpc) is 2.63. The third-order valence-corrected chi connectivity index (χ3v) is 4.07. The highest BCUT2D eigenvalue weighted by Crippen LogP contribution is 2.37. The third kappa shape index (κ3) is 1.71. The van der Waals surface area contributed by atoms with E-state index < -0.39 is 5.60 Å². The zero-order valence-electron chi connectivity index (χ0n) is 10.8. The molecule has 3 nitrogen and oxygen atoms in total. The summed E-state index contributed by atoms with van der Waals surface area (Å²) in [7, 11) is 2.06. The van der Waals surface area contributed by atoms with E-state index in [0.717, 1.165) is 22.8 Å². The Balaban J connectivity index is 2.15. The number of hydrogen-bond acceptors (Lipinski definition) is 3. The van der Waals surface area contributed by atoms with Gasteiger partial charge in [-0.25, -0.2) is 0 Å². The highest BCUT2D eigenvalue weighted by molar-refractivity contribution is 5.85. The van der Waals surface area contributed by atoms with Gasteiger partial charge in [0.2, 0.25) is 0 Å². The van der Waals surface area contributed by atoms with Gasteiger partial charge in [-0.15, -0.1) is 0 Å². The first-order valence-electron chi connectivity index (χ1n) is 6.36. The Morgan fingerprint density at radius 1 is 1.33 bits per heavy atom. The average molecular weight is 242 g/mol. The number of likely N-dealkylation sites (N-methyl/N-ethyl adjacent to an activating group) is 1. The molecule has 0 saturated carbocycles. The lowest BCUT2D eigenvalue weighted by atomic mass is 9.89. The summed E-state index contributed by atoms with van der Waals surface area (Å²) in [5.74, 6) is 0. The quantitative estimate of drug-likeness (QED) is 0.832. The minimum Gasteiger partial charge on any atom is -0.384 e. The van der Waals surface area contributed by atoms with Crippen molar-refractivity contribution in [3.05, 3.63) is 42.2 Å². The highest BCUT2D eigenvalue weighted by atomic mass is 16.3. The van der Waals surface area contributed by atoms with Gasteiger partial charge in [-0.2, -0.15) is 0 Å². The van der Waals surface area contributed by atoms with Gasteiger partial charge in [0.1, 0.15) is 5.60 Å². The van der Waals surface area contributed by atoms with Gasteiger partial charge in [0.25, 0.3) is 0 Å². The van der Waals surface area contributed by atoms with Crippen LogP contribution in [0.3, 0.4) is 0 Å². The first-order valence-corrected chi connectivity index (χ1v) is 6.36. The van der Waals surface area contributed by atoms with Crippen molar-refractivity contribution in [3.63, 3.8) is 0 Å². The maximum atomic E-state index is 10.9. The minimum atomic E-state index is -0.776. The first kappa shape index (κ1) is 11.6. The molecule has 0 amide bonds. The molecule has 2 aromatic rings. The summed E-state index contributed by atoms with van der Waals surface area (Å²) in [6.07, 6.45) is 4.43. The normalized spacial score (nSPS) is 28.9. The Hall–Kier alpha value is -1.45. The monoisotopic (exact) mass is 242 g/mol. The highest BCUT2D eigenvalue weighted by Gasteiger charge is 2.41. The van der Waals surface area contributed by atoms with Crippen molar-refractivity contribution in [1.29, 1.82) is 0 Å². The van der Waals surface area contributed by atoms with Crippen molar-refractivity contribution >= 4 is 10.8 Å². The molecular weight excluding hydrogens is 224 g/mol. The Bertz CT molecular complexity index is 566. The summed E-state index contributed by atoms with van der Waals surface area (Å²) in [4.78, 5) is 6.47. The van der Waals surface area contributed by atoms with E-state index in [1.54, 1.807) is 0 Å². The molecule has 1 N–H and O–H groups in total. The third-order valence-electron chi connectivity index (χ3n) is 4.07. The van der Waals surface area contributed by atoms with E-state index in [1.165, 1.54) is 0 Å². The molecule has 3 heteroatoms. The van der Waals surface area contributed by atoms with Crippen LogP contribution in [0.1, 0.15) is 18.9 Å². The number of hydrogen-bond donors (Lipinski definition) is 1. The van der Waals surface area contributed by atoms with Crippen molar-refractivity contribution in [2.24, 2.45) is 0 Å². The molecule has 2 atom stereocenters. The molecular formula is C15H18N2O. The minimum absolute atomic E-state index is 0.397. The van der Waals surface area contributed by atoms with E-state index in [2.05, 4.69) is 29.9 Å². The number of aromatic nitrogens is 1. The summed E-state index contributed by atoms with van der Waals surface area (Å²) < 4.78 is 0. The number of benzene rings is 1. The smallest absolute Gasteiger partial charge is 0.106 e. The Kier molecular flexibility index (Phi) is 2.61. The second kappa shape index (κ2) is 4.04. The summed E-state index contributed by atoms with van der Waals surface area (Å²) in [6, 6.07) is 8.51. The van der Waals surface area contributed by atoms with Crippen LogP contribution in [-0.2, 0) is 5.60 Å². The number of fused-ring (bicyclic) bond motifs is 1. The summed E-state index contributed by atoms with van der Waals surface area (Å²) >= 11 is 0. The largest absolute Gasteiger partial charge is 0.384 e. The Morgan fingerprint density at radius 2 is 2.11 bits per heavy atom. The van der Waals surface area contributed by atoms with Gasteiger partial charge in [-0.05, 0) is 25.8 Å². The van der Waals surface area contributed by atoms with Crippen molar-refractivity contribution in [1.82, 2.24) is 9.88 Å². The van der Waals surface area contributed by atoms with Crippen LogP contribution < -0.4 is 0 Å². The lowest BCUT2D eigenvalue weighted by Gasteiger charge is -2.24. The molecule has 3 rings (SSSR count). The molecule has 0 bridgehead atoms. The molecule has 1 aliphatic heterocycles. The zero-order chi connectivity index (χ0) is 12.8. The fourth-order valence-electron chi connectivity index (χ4n) is 2.96. The first-order chi connectivity index (χ1) is 8.60. The van der Waals surface area contributed by atoms with E-state index in [1.807, 2.05) is 30.6 Å². The van der Waals surface area contributed by atoms with Crippen LogP contribution in [0, 0.1) is 0 Å². The molecule has 2 unspecified atom stereocenters. The summed E-state index contributed by atoms with van der Waals surface area (Å²) in [6.45, 7) is 2.82. The number of pyridine rings is 1. The Morgan fingerprint density at radius 3 is 2.83 bits per heavy atom. The number of rotatable bonds is 1. The molecule has 1 aromatic heterocycles. The van der Waals surface area contributed by atoms with Crippen molar-refractivity contribution in [3.8, 4) is 0 Å². The van der Waals surface area contributed by atoms with Gasteiger partial charge >= 0.3 is 0 Å². The van der Waals surface area contributed by atoms with Crippen molar-refractivity contribution in [2.75, 3.05) is 13.6 Å². The molecule has 1 saturated heterocycles. The van der Waals surface area contributed by atoms with Crippen LogP contribution in [-0.4, -0.2) is 34.6 Å². The van der Waals surface area contributed by atoms with Gasteiger partial charge in [-0.1, -0.05) is 24.3 Å². The number of aliphatic hydroxyl groups is 1. The molecule has 2 heterocycles. The molecule has 1 fully saturated rings. The van der Waals surface area contributed by atoms with Crippen LogP contribution in [0.25, 0.3) is 10.8 Å². The lowest BCUT2D eigenvalue weighted by Crippen LogP contribution is -2.29. The van der Waals surface area contributed by atoms with Gasteiger partial charge in [0.05, 0.1) is 0 Å². The number of nitrogens with zero attached hydrogens (tertiary/aromatic N) is 2. The maximum Gasteiger partial charge on any atom is 0.106 e.